The number of rotatable bonds is 2. The molecule has 100 valence electrons. The maximum Gasteiger partial charge on any atom is 0.131 e. The topological polar surface area (TPSA) is 0 Å². The second kappa shape index (κ2) is 5.48. The Balaban J connectivity index is 2.52. The second-order valence-electron chi connectivity index (χ2n) is 4.49. The van der Waals surface area contributed by atoms with E-state index in [1.165, 1.54) is 6.07 Å². The summed E-state index contributed by atoms with van der Waals surface area (Å²) in [5.74, 6) is -1.23. The van der Waals surface area contributed by atoms with Crippen molar-refractivity contribution in [3.8, 4) is 0 Å². The summed E-state index contributed by atoms with van der Waals surface area (Å²) >= 11 is 12.2. The summed E-state index contributed by atoms with van der Waals surface area (Å²) in [6, 6.07) is 7.56. The van der Waals surface area contributed by atoms with Gasteiger partial charge in [-0.05, 0) is 48.7 Å². The highest BCUT2D eigenvalue weighted by Gasteiger charge is 2.19. The molecule has 19 heavy (non-hydrogen) atoms. The molecule has 1 unspecified atom stereocenters. The van der Waals surface area contributed by atoms with E-state index in [1.54, 1.807) is 19.1 Å². The van der Waals surface area contributed by atoms with Gasteiger partial charge in [0.2, 0.25) is 0 Å². The number of hydrogen-bond acceptors (Lipinski definition) is 0. The van der Waals surface area contributed by atoms with Crippen LogP contribution in [0.3, 0.4) is 0 Å². The Kier molecular flexibility index (Phi) is 4.12. The summed E-state index contributed by atoms with van der Waals surface area (Å²) in [7, 11) is 0. The Morgan fingerprint density at radius 3 is 2.26 bits per heavy atom. The lowest BCUT2D eigenvalue weighted by Gasteiger charge is -2.15. The normalized spacial score (nSPS) is 12.5. The highest BCUT2D eigenvalue weighted by Crippen LogP contribution is 2.34. The van der Waals surface area contributed by atoms with E-state index >= 15 is 0 Å². The maximum atomic E-state index is 13.8. The molecule has 0 aliphatic rings. The molecular formula is C15H12Cl2F2. The fourth-order valence-corrected chi connectivity index (χ4v) is 2.51. The predicted molar refractivity (Wildman–Crippen MR) is 75.0 cm³/mol. The van der Waals surface area contributed by atoms with Crippen molar-refractivity contribution < 1.29 is 8.78 Å². The first kappa shape index (κ1) is 14.3. The molecule has 0 saturated carbocycles. The van der Waals surface area contributed by atoms with Crippen LogP contribution in [0, 0.1) is 25.5 Å². The van der Waals surface area contributed by atoms with Gasteiger partial charge in [0.1, 0.15) is 11.6 Å². The highest BCUT2D eigenvalue weighted by molar-refractivity contribution is 6.31. The van der Waals surface area contributed by atoms with Crippen molar-refractivity contribution in [2.45, 2.75) is 19.2 Å². The summed E-state index contributed by atoms with van der Waals surface area (Å²) in [5.41, 5.74) is 2.25. The van der Waals surface area contributed by atoms with E-state index < -0.39 is 17.0 Å². The van der Waals surface area contributed by atoms with Crippen molar-refractivity contribution in [2.24, 2.45) is 0 Å². The Morgan fingerprint density at radius 2 is 1.58 bits per heavy atom. The third-order valence-electron chi connectivity index (χ3n) is 3.07. The lowest BCUT2D eigenvalue weighted by molar-refractivity contribution is 0.568. The van der Waals surface area contributed by atoms with Crippen LogP contribution in [-0.2, 0) is 0 Å². The predicted octanol–water partition coefficient (Wildman–Crippen LogP) is 5.56. The fourth-order valence-electron chi connectivity index (χ4n) is 1.93. The summed E-state index contributed by atoms with van der Waals surface area (Å²) in [5, 5.41) is -0.163. The van der Waals surface area contributed by atoms with Gasteiger partial charge >= 0.3 is 0 Å². The second-order valence-corrected chi connectivity index (χ2v) is 5.36. The molecule has 4 heteroatoms. The van der Waals surface area contributed by atoms with Crippen LogP contribution in [0.5, 0.6) is 0 Å². The standard InChI is InChI=1S/C15H12Cl2F2/c1-8-3-4-10(16)6-11(8)15(17)12-5-9(2)13(18)7-14(12)19/h3-7,15H,1-2H3. The quantitative estimate of drug-likeness (QED) is 0.637. The molecule has 0 aromatic heterocycles. The van der Waals surface area contributed by atoms with Crippen molar-refractivity contribution in [1.82, 2.24) is 0 Å². The Labute approximate surface area is 121 Å². The minimum atomic E-state index is -0.696. The first-order valence-corrected chi connectivity index (χ1v) is 6.57. The lowest BCUT2D eigenvalue weighted by Crippen LogP contribution is -2.01. The van der Waals surface area contributed by atoms with Crippen LogP contribution >= 0.6 is 23.2 Å². The summed E-state index contributed by atoms with van der Waals surface area (Å²) in [6.45, 7) is 3.45. The van der Waals surface area contributed by atoms with E-state index in [9.17, 15) is 8.78 Å². The van der Waals surface area contributed by atoms with Crippen LogP contribution in [0.4, 0.5) is 8.78 Å². The summed E-state index contributed by atoms with van der Waals surface area (Å²) in [4.78, 5) is 0. The van der Waals surface area contributed by atoms with E-state index in [4.69, 9.17) is 23.2 Å². The van der Waals surface area contributed by atoms with E-state index in [2.05, 4.69) is 0 Å². The number of hydrogen-bond donors (Lipinski definition) is 0. The van der Waals surface area contributed by atoms with Gasteiger partial charge in [-0.15, -0.1) is 11.6 Å². The van der Waals surface area contributed by atoms with Gasteiger partial charge in [0.05, 0.1) is 5.38 Å². The number of aryl methyl sites for hydroxylation is 2. The smallest absolute Gasteiger partial charge is 0.131 e. The van der Waals surface area contributed by atoms with Crippen molar-refractivity contribution in [3.63, 3.8) is 0 Å². The Bertz CT molecular complexity index is 624. The number of halogens is 4. The van der Waals surface area contributed by atoms with Crippen LogP contribution < -0.4 is 0 Å². The SMILES string of the molecule is Cc1cc(C(Cl)c2cc(Cl)ccc2C)c(F)cc1F. The zero-order chi connectivity index (χ0) is 14.2. The van der Waals surface area contributed by atoms with Crippen molar-refractivity contribution in [2.75, 3.05) is 0 Å². The largest absolute Gasteiger partial charge is 0.207 e. The Hall–Kier alpha value is -1.12. The molecule has 0 saturated heterocycles. The average Bonchev–Trinajstić information content (AvgIpc) is 2.36. The minimum Gasteiger partial charge on any atom is -0.207 e. The molecule has 0 N–H and O–H groups in total. The number of alkyl halides is 1. The zero-order valence-corrected chi connectivity index (χ0v) is 12.0. The molecule has 0 fully saturated rings. The van der Waals surface area contributed by atoms with Gasteiger partial charge in [-0.3, -0.25) is 0 Å². The van der Waals surface area contributed by atoms with Gasteiger partial charge < -0.3 is 0 Å². The Morgan fingerprint density at radius 1 is 0.895 bits per heavy atom. The van der Waals surface area contributed by atoms with Gasteiger partial charge in [-0.2, -0.15) is 0 Å². The van der Waals surface area contributed by atoms with Crippen molar-refractivity contribution >= 4 is 23.2 Å². The molecule has 0 radical (unpaired) electrons. The van der Waals surface area contributed by atoms with Crippen LogP contribution in [0.25, 0.3) is 0 Å². The molecule has 2 aromatic carbocycles. The molecule has 0 aliphatic carbocycles. The molecule has 2 aromatic rings. The third-order valence-corrected chi connectivity index (χ3v) is 3.77. The van der Waals surface area contributed by atoms with Gasteiger partial charge in [0.15, 0.2) is 0 Å². The monoisotopic (exact) mass is 300 g/mol. The first-order chi connectivity index (χ1) is 8.90. The van der Waals surface area contributed by atoms with Gasteiger partial charge in [0.25, 0.3) is 0 Å². The molecule has 1 atom stereocenters. The van der Waals surface area contributed by atoms with Crippen LogP contribution in [-0.4, -0.2) is 0 Å². The zero-order valence-electron chi connectivity index (χ0n) is 10.5. The molecule has 0 aliphatic heterocycles. The van der Waals surface area contributed by atoms with Gasteiger partial charge in [-0.25, -0.2) is 8.78 Å². The molecule has 0 heterocycles. The molecule has 0 spiro atoms. The number of benzene rings is 2. The summed E-state index contributed by atoms with van der Waals surface area (Å²) < 4.78 is 27.1. The van der Waals surface area contributed by atoms with Crippen molar-refractivity contribution in [3.05, 3.63) is 69.2 Å². The van der Waals surface area contributed by atoms with Crippen molar-refractivity contribution in [1.29, 1.82) is 0 Å². The lowest BCUT2D eigenvalue weighted by atomic mass is 9.98. The van der Waals surface area contributed by atoms with Gasteiger partial charge in [0, 0.05) is 16.7 Å². The van der Waals surface area contributed by atoms with Crippen LogP contribution in [0.2, 0.25) is 5.02 Å². The molecular weight excluding hydrogens is 289 g/mol. The van der Waals surface area contributed by atoms with E-state index in [-0.39, 0.29) is 5.56 Å². The average molecular weight is 301 g/mol. The molecule has 0 nitrogen and oxygen atoms in total. The fraction of sp³-hybridized carbons (Fsp3) is 0.200. The van der Waals surface area contributed by atoms with Crippen LogP contribution in [0.1, 0.15) is 27.6 Å². The summed E-state index contributed by atoms with van der Waals surface area (Å²) in [6.07, 6.45) is 0. The first-order valence-electron chi connectivity index (χ1n) is 5.76. The van der Waals surface area contributed by atoms with E-state index in [1.807, 2.05) is 13.0 Å². The van der Waals surface area contributed by atoms with Gasteiger partial charge in [-0.1, -0.05) is 17.7 Å². The van der Waals surface area contributed by atoms with E-state index in [0.29, 0.717) is 10.6 Å². The minimum absolute atomic E-state index is 0.255. The highest BCUT2D eigenvalue weighted by atomic mass is 35.5. The third kappa shape index (κ3) is 2.90. The maximum absolute atomic E-state index is 13.8. The molecule has 0 amide bonds. The molecule has 0 bridgehead atoms. The van der Waals surface area contributed by atoms with Crippen LogP contribution in [0.15, 0.2) is 30.3 Å². The van der Waals surface area contributed by atoms with E-state index in [0.717, 1.165) is 17.2 Å². The molecule has 2 rings (SSSR count).